The molecular weight excluding hydrogens is 869 g/mol. The smallest absolute Gasteiger partial charge is 0.308 e. The van der Waals surface area contributed by atoms with Gasteiger partial charge in [-0.3, -0.25) is 28.8 Å². The van der Waals surface area contributed by atoms with E-state index in [1.807, 2.05) is 100 Å². The molecule has 1 saturated heterocycles. The molecule has 5 atom stereocenters. The number of ketones is 1. The van der Waals surface area contributed by atoms with Crippen LogP contribution in [0.25, 0.3) is 0 Å². The van der Waals surface area contributed by atoms with Gasteiger partial charge in [-0.15, -0.1) is 0 Å². The Hall–Kier alpha value is -5.97. The van der Waals surface area contributed by atoms with Crippen LogP contribution in [0.5, 0.6) is 5.75 Å². The average Bonchev–Trinajstić information content (AvgIpc) is 4.06. The van der Waals surface area contributed by atoms with Gasteiger partial charge in [0, 0.05) is 37.5 Å². The van der Waals surface area contributed by atoms with Gasteiger partial charge in [0.2, 0.25) is 23.6 Å². The second-order valence-corrected chi connectivity index (χ2v) is 18.4. The van der Waals surface area contributed by atoms with Gasteiger partial charge in [-0.05, 0) is 86.6 Å². The number of quaternary nitrogens is 1. The summed E-state index contributed by atoms with van der Waals surface area (Å²) in [4.78, 5) is 85.5. The lowest BCUT2D eigenvalue weighted by molar-refractivity contribution is -0.672. The Morgan fingerprint density at radius 3 is 1.99 bits per heavy atom. The number of nitrogens with one attached hydrogen (secondary N) is 4. The van der Waals surface area contributed by atoms with E-state index in [-0.39, 0.29) is 49.4 Å². The fourth-order valence-corrected chi connectivity index (χ4v) is 7.60. The van der Waals surface area contributed by atoms with Crippen LogP contribution >= 0.6 is 0 Å². The van der Waals surface area contributed by atoms with Crippen molar-refractivity contribution in [2.24, 2.45) is 17.0 Å². The van der Waals surface area contributed by atoms with Gasteiger partial charge in [0.25, 0.3) is 0 Å². The first kappa shape index (κ1) is 54.6. The molecule has 0 aliphatic carbocycles. The van der Waals surface area contributed by atoms with Crippen molar-refractivity contribution in [2.45, 2.75) is 129 Å². The Bertz CT molecular complexity index is 2110. The number of carbonyl (C=O) groups excluding carboxylic acids is 6. The Morgan fingerprint density at radius 1 is 0.750 bits per heavy atom. The topological polar surface area (TPSA) is 220 Å². The molecule has 1 fully saturated rings. The summed E-state index contributed by atoms with van der Waals surface area (Å²) in [5, 5.41) is 17.6. The summed E-state index contributed by atoms with van der Waals surface area (Å²) in [7, 11) is 1.44. The summed E-state index contributed by atoms with van der Waals surface area (Å²) >= 11 is 0. The second kappa shape index (κ2) is 28.4. The standard InChI is InChI=1S/C52H72N6O10/c1-35(2)28-43(48(61)52(6)34-67-52)56-51(64)45(31-39-18-12-9-13-19-39)58-50(63)44(29-36(3)4)57-49(62)42(23-21-38-16-10-8-11-17-38)55-47(60)20-14-15-26-66-27-25-53-32-40-22-24-46(68-37(5)59)41(30-40)33-54-65-7/h8-13,16-19,22,24,30,33,35-36,42-45,53H,14-15,20-21,23,25-29,31-32,34H2,1-7H3,(H,55,60)(H,56,64)(H,57,62)(H,58,63)/p+1. The number of aryl methyl sites for hydroxylation is 1. The number of nitrogens with zero attached hydrogens (tertiary/aromatic N) is 1. The fourth-order valence-electron chi connectivity index (χ4n) is 7.60. The molecule has 0 saturated carbocycles. The highest BCUT2D eigenvalue weighted by molar-refractivity contribution is 5.99. The summed E-state index contributed by atoms with van der Waals surface area (Å²) in [6.07, 6.45) is 4.49. The zero-order chi connectivity index (χ0) is 49.5. The minimum atomic E-state index is -1.06. The Kier molecular flexibility index (Phi) is 22.8. The summed E-state index contributed by atoms with van der Waals surface area (Å²) in [6.45, 7) is 13.5. The van der Waals surface area contributed by atoms with Gasteiger partial charge in [-0.2, -0.15) is 0 Å². The van der Waals surface area contributed by atoms with E-state index in [1.165, 1.54) is 20.2 Å². The number of ether oxygens (including phenoxy) is 3. The van der Waals surface area contributed by atoms with Crippen molar-refractivity contribution >= 4 is 41.6 Å². The SMILES string of the molecule is CON=Cc1cc(C[NH2+]CCOCCCCC(=O)NC(CCc2ccccc2)C(=O)NC(CC(C)C)C(=O)NC(Cc2ccccc2)C(=O)NC(CC(C)C)C(=O)C2(C)CO2)ccc1OC(C)=O. The van der Waals surface area contributed by atoms with E-state index in [0.29, 0.717) is 69.7 Å². The minimum Gasteiger partial charge on any atom is -0.426 e. The number of hydrogen-bond donors (Lipinski definition) is 5. The quantitative estimate of drug-likeness (QED) is 0.0155. The molecule has 0 bridgehead atoms. The molecule has 16 nitrogen and oxygen atoms in total. The first-order valence-corrected chi connectivity index (χ1v) is 23.8. The number of epoxide rings is 1. The van der Waals surface area contributed by atoms with Crippen LogP contribution in [0.4, 0.5) is 0 Å². The number of benzene rings is 3. The summed E-state index contributed by atoms with van der Waals surface area (Å²) in [6, 6.07) is 20.6. The van der Waals surface area contributed by atoms with Crippen molar-refractivity contribution in [2.75, 3.05) is 33.5 Å². The minimum absolute atomic E-state index is 0.0144. The number of rotatable bonds is 31. The highest BCUT2D eigenvalue weighted by Gasteiger charge is 2.50. The molecule has 5 unspecified atom stereocenters. The van der Waals surface area contributed by atoms with Crippen molar-refractivity contribution in [1.29, 1.82) is 0 Å². The van der Waals surface area contributed by atoms with Gasteiger partial charge in [0.15, 0.2) is 5.78 Å². The number of carbonyl (C=O) groups is 6. The van der Waals surface area contributed by atoms with E-state index in [9.17, 15) is 28.8 Å². The Morgan fingerprint density at radius 2 is 1.35 bits per heavy atom. The zero-order valence-corrected chi connectivity index (χ0v) is 40.8. The van der Waals surface area contributed by atoms with Gasteiger partial charge in [-0.25, -0.2) is 0 Å². The number of nitrogens with two attached hydrogens (primary N) is 1. The molecule has 370 valence electrons. The molecule has 6 N–H and O–H groups in total. The van der Waals surface area contributed by atoms with Crippen molar-refractivity contribution in [3.8, 4) is 5.75 Å². The molecule has 4 rings (SSSR count). The Labute approximate surface area is 401 Å². The molecule has 1 heterocycles. The number of esters is 1. The Balaban J connectivity index is 1.33. The van der Waals surface area contributed by atoms with E-state index in [4.69, 9.17) is 19.0 Å². The third kappa shape index (κ3) is 19.7. The lowest BCUT2D eigenvalue weighted by atomic mass is 9.93. The molecule has 3 aromatic carbocycles. The van der Waals surface area contributed by atoms with E-state index < -0.39 is 53.5 Å². The molecule has 1 aliphatic rings. The molecule has 1 aliphatic heterocycles. The predicted molar refractivity (Wildman–Crippen MR) is 258 cm³/mol. The summed E-state index contributed by atoms with van der Waals surface area (Å²) < 4.78 is 16.5. The molecular formula is C52H73N6O10+. The molecule has 3 aromatic rings. The molecule has 0 aromatic heterocycles. The molecule has 0 spiro atoms. The third-order valence-corrected chi connectivity index (χ3v) is 11.3. The molecule has 68 heavy (non-hydrogen) atoms. The van der Waals surface area contributed by atoms with Crippen LogP contribution in [0, 0.1) is 11.8 Å². The lowest BCUT2D eigenvalue weighted by Crippen LogP contribution is -2.83. The van der Waals surface area contributed by atoms with Crippen molar-refractivity contribution < 1.29 is 53.1 Å². The maximum Gasteiger partial charge on any atom is 0.308 e. The summed E-state index contributed by atoms with van der Waals surface area (Å²) in [5.41, 5.74) is 2.48. The molecule has 0 radical (unpaired) electrons. The van der Waals surface area contributed by atoms with Crippen molar-refractivity contribution in [3.63, 3.8) is 0 Å². The van der Waals surface area contributed by atoms with Crippen LogP contribution in [-0.2, 0) is 62.5 Å². The normalized spacial score (nSPS) is 16.1. The van der Waals surface area contributed by atoms with Crippen molar-refractivity contribution in [1.82, 2.24) is 21.3 Å². The maximum absolute atomic E-state index is 14.2. The van der Waals surface area contributed by atoms with Crippen molar-refractivity contribution in [3.05, 3.63) is 101 Å². The molecule has 4 amide bonds. The highest BCUT2D eigenvalue weighted by Crippen LogP contribution is 2.30. The average molecular weight is 942 g/mol. The van der Waals surface area contributed by atoms with E-state index >= 15 is 0 Å². The van der Waals surface area contributed by atoms with Crippen LogP contribution < -0.4 is 31.3 Å². The van der Waals surface area contributed by atoms with Crippen LogP contribution in [0.2, 0.25) is 0 Å². The number of hydrogen-bond acceptors (Lipinski definition) is 11. The van der Waals surface area contributed by atoms with Crippen LogP contribution in [0.15, 0.2) is 84.0 Å². The number of Topliss-reactive ketones (excluding diaryl/α,β-unsaturated/α-hetero) is 1. The van der Waals surface area contributed by atoms with Gasteiger partial charge in [0.05, 0.1) is 32.0 Å². The first-order chi connectivity index (χ1) is 32.6. The summed E-state index contributed by atoms with van der Waals surface area (Å²) in [5.74, 6) is -2.00. The second-order valence-electron chi connectivity index (χ2n) is 18.4. The maximum atomic E-state index is 14.2. The number of unbranched alkanes of at least 4 members (excludes halogenated alkanes) is 1. The lowest BCUT2D eigenvalue weighted by Gasteiger charge is -2.28. The number of amides is 4. The fraction of sp³-hybridized carbons (Fsp3) is 0.519. The van der Waals surface area contributed by atoms with Crippen LogP contribution in [-0.4, -0.2) is 105 Å². The van der Waals surface area contributed by atoms with E-state index in [1.54, 1.807) is 13.0 Å². The van der Waals surface area contributed by atoms with Gasteiger partial charge in [0.1, 0.15) is 43.1 Å². The third-order valence-electron chi connectivity index (χ3n) is 11.3. The van der Waals surface area contributed by atoms with Crippen LogP contribution in [0.1, 0.15) is 102 Å². The van der Waals surface area contributed by atoms with Gasteiger partial charge < -0.3 is 45.6 Å². The van der Waals surface area contributed by atoms with E-state index in [0.717, 1.165) is 16.7 Å². The largest absolute Gasteiger partial charge is 0.426 e. The molecule has 16 heteroatoms. The zero-order valence-electron chi connectivity index (χ0n) is 40.8. The van der Waals surface area contributed by atoms with Gasteiger partial charge >= 0.3 is 5.97 Å². The monoisotopic (exact) mass is 942 g/mol. The highest BCUT2D eigenvalue weighted by atomic mass is 16.6. The van der Waals surface area contributed by atoms with Gasteiger partial charge in [-0.1, -0.05) is 93.5 Å². The predicted octanol–water partition coefficient (Wildman–Crippen LogP) is 4.11. The first-order valence-electron chi connectivity index (χ1n) is 23.8. The van der Waals surface area contributed by atoms with E-state index in [2.05, 4.69) is 31.7 Å². The van der Waals surface area contributed by atoms with Crippen LogP contribution in [0.3, 0.4) is 0 Å². The number of oxime groups is 1.